The SMILES string of the molecule is O=C(CC#CCSc1nnc(-c2cccc3ccccc23)o1)c1ccc(F)cc1. The van der Waals surface area contributed by atoms with Gasteiger partial charge in [0, 0.05) is 11.1 Å². The number of hydrogen-bond donors (Lipinski definition) is 0. The molecular formula is C23H15FN2O2S. The van der Waals surface area contributed by atoms with E-state index in [4.69, 9.17) is 4.42 Å². The van der Waals surface area contributed by atoms with Gasteiger partial charge in [0.15, 0.2) is 5.78 Å². The summed E-state index contributed by atoms with van der Waals surface area (Å²) >= 11 is 1.32. The number of carbonyl (C=O) groups excluding carboxylic acids is 1. The number of fused-ring (bicyclic) bond motifs is 1. The number of carbonyl (C=O) groups is 1. The first-order valence-electron chi connectivity index (χ1n) is 8.89. The summed E-state index contributed by atoms with van der Waals surface area (Å²) in [5.74, 6) is 6.12. The third kappa shape index (κ3) is 4.53. The number of aromatic nitrogens is 2. The molecule has 0 atom stereocenters. The average molecular weight is 402 g/mol. The van der Waals surface area contributed by atoms with Crippen LogP contribution in [0.2, 0.25) is 0 Å². The fourth-order valence-corrected chi connectivity index (χ4v) is 3.35. The monoisotopic (exact) mass is 402 g/mol. The molecule has 4 aromatic rings. The van der Waals surface area contributed by atoms with E-state index >= 15 is 0 Å². The quantitative estimate of drug-likeness (QED) is 0.254. The lowest BCUT2D eigenvalue weighted by atomic mass is 10.0. The Morgan fingerprint density at radius 3 is 2.62 bits per heavy atom. The summed E-state index contributed by atoms with van der Waals surface area (Å²) in [6.45, 7) is 0. The molecule has 0 aliphatic carbocycles. The molecule has 0 saturated carbocycles. The highest BCUT2D eigenvalue weighted by molar-refractivity contribution is 7.99. The number of benzene rings is 3. The summed E-state index contributed by atoms with van der Waals surface area (Å²) in [5.41, 5.74) is 1.34. The number of rotatable bonds is 5. The van der Waals surface area contributed by atoms with Crippen LogP contribution in [0.1, 0.15) is 16.8 Å². The lowest BCUT2D eigenvalue weighted by Crippen LogP contribution is -1.97. The Morgan fingerprint density at radius 1 is 0.966 bits per heavy atom. The number of thioether (sulfide) groups is 1. The van der Waals surface area contributed by atoms with Crippen molar-refractivity contribution in [3.63, 3.8) is 0 Å². The summed E-state index contributed by atoms with van der Waals surface area (Å²) in [5, 5.41) is 10.8. The number of hydrogen-bond acceptors (Lipinski definition) is 5. The third-order valence-corrected chi connectivity index (χ3v) is 4.94. The Morgan fingerprint density at radius 2 is 1.76 bits per heavy atom. The van der Waals surface area contributed by atoms with Gasteiger partial charge in [0.05, 0.1) is 12.2 Å². The Balaban J connectivity index is 1.36. The highest BCUT2D eigenvalue weighted by Crippen LogP contribution is 2.29. The first-order valence-corrected chi connectivity index (χ1v) is 9.88. The maximum atomic E-state index is 12.9. The second-order valence-electron chi connectivity index (χ2n) is 6.15. The molecule has 29 heavy (non-hydrogen) atoms. The van der Waals surface area contributed by atoms with Gasteiger partial charge in [-0.2, -0.15) is 0 Å². The van der Waals surface area contributed by atoms with Gasteiger partial charge in [-0.15, -0.1) is 10.2 Å². The van der Waals surface area contributed by atoms with Gasteiger partial charge in [0.25, 0.3) is 5.22 Å². The van der Waals surface area contributed by atoms with E-state index in [9.17, 15) is 9.18 Å². The molecule has 0 unspecified atom stereocenters. The maximum absolute atomic E-state index is 12.9. The molecule has 0 aliphatic heterocycles. The van der Waals surface area contributed by atoms with Crippen molar-refractivity contribution < 1.29 is 13.6 Å². The fraction of sp³-hybridized carbons (Fsp3) is 0.0870. The molecule has 0 spiro atoms. The number of nitrogens with zero attached hydrogens (tertiary/aromatic N) is 2. The van der Waals surface area contributed by atoms with Crippen LogP contribution in [-0.2, 0) is 0 Å². The Hall–Kier alpha value is -3.43. The van der Waals surface area contributed by atoms with E-state index in [2.05, 4.69) is 22.0 Å². The molecule has 6 heteroatoms. The Kier molecular flexibility index (Phi) is 5.68. The molecule has 1 heterocycles. The highest BCUT2D eigenvalue weighted by atomic mass is 32.2. The van der Waals surface area contributed by atoms with Gasteiger partial charge >= 0.3 is 0 Å². The Labute approximate surface area is 171 Å². The van der Waals surface area contributed by atoms with Crippen molar-refractivity contribution in [1.82, 2.24) is 10.2 Å². The summed E-state index contributed by atoms with van der Waals surface area (Å²) in [6, 6.07) is 19.4. The van der Waals surface area contributed by atoms with Crippen LogP contribution in [0.15, 0.2) is 76.4 Å². The fourth-order valence-electron chi connectivity index (χ4n) is 2.82. The molecule has 0 bridgehead atoms. The van der Waals surface area contributed by atoms with E-state index in [0.29, 0.717) is 22.4 Å². The number of ketones is 1. The smallest absolute Gasteiger partial charge is 0.277 e. The van der Waals surface area contributed by atoms with Crippen LogP contribution in [0, 0.1) is 17.7 Å². The van der Waals surface area contributed by atoms with Crippen molar-refractivity contribution in [2.45, 2.75) is 11.6 Å². The molecule has 4 rings (SSSR count). The second-order valence-corrected chi connectivity index (χ2v) is 7.08. The zero-order chi connectivity index (χ0) is 20.1. The molecule has 0 aliphatic rings. The van der Waals surface area contributed by atoms with E-state index in [1.165, 1.54) is 36.0 Å². The summed E-state index contributed by atoms with van der Waals surface area (Å²) in [6.07, 6.45) is 0.0806. The van der Waals surface area contributed by atoms with Crippen LogP contribution in [0.3, 0.4) is 0 Å². The van der Waals surface area contributed by atoms with Gasteiger partial charge in [-0.1, -0.05) is 60.0 Å². The van der Waals surface area contributed by atoms with E-state index in [1.54, 1.807) is 0 Å². The summed E-state index contributed by atoms with van der Waals surface area (Å²) in [4.78, 5) is 12.0. The van der Waals surface area contributed by atoms with Gasteiger partial charge < -0.3 is 4.42 Å². The molecular weight excluding hydrogens is 387 g/mol. The van der Waals surface area contributed by atoms with Crippen molar-refractivity contribution in [3.8, 4) is 23.3 Å². The summed E-state index contributed by atoms with van der Waals surface area (Å²) in [7, 11) is 0. The zero-order valence-corrected chi connectivity index (χ0v) is 16.1. The van der Waals surface area contributed by atoms with Gasteiger partial charge in [-0.05, 0) is 41.1 Å². The van der Waals surface area contributed by atoms with Crippen molar-refractivity contribution in [2.24, 2.45) is 0 Å². The van der Waals surface area contributed by atoms with Crippen molar-refractivity contribution in [3.05, 3.63) is 78.1 Å². The molecule has 0 N–H and O–H groups in total. The van der Waals surface area contributed by atoms with Crippen LogP contribution in [0.25, 0.3) is 22.2 Å². The van der Waals surface area contributed by atoms with E-state index in [1.807, 2.05) is 42.5 Å². The minimum absolute atomic E-state index is 0.0806. The standard InChI is InChI=1S/C23H15FN2O2S/c24-18-13-11-17(12-14-18)21(27)10-3-4-15-29-23-26-25-22(28-23)20-9-5-7-16-6-1-2-8-19(16)20/h1-2,5-9,11-14H,10,15H2. The number of Topliss-reactive ketones (excluding diaryl/α,β-unsaturated/α-hetero) is 1. The molecule has 0 fully saturated rings. The molecule has 3 aromatic carbocycles. The van der Waals surface area contributed by atoms with Crippen molar-refractivity contribution >= 4 is 28.3 Å². The largest absolute Gasteiger partial charge is 0.411 e. The minimum atomic E-state index is -0.369. The summed E-state index contributed by atoms with van der Waals surface area (Å²) < 4.78 is 18.6. The molecule has 142 valence electrons. The molecule has 0 saturated heterocycles. The van der Waals surface area contributed by atoms with Gasteiger partial charge in [0.1, 0.15) is 5.82 Å². The second kappa shape index (κ2) is 8.72. The van der Waals surface area contributed by atoms with Crippen LogP contribution < -0.4 is 0 Å². The van der Waals surface area contributed by atoms with Crippen molar-refractivity contribution in [2.75, 3.05) is 5.75 Å². The van der Waals surface area contributed by atoms with Gasteiger partial charge in [-0.3, -0.25) is 4.79 Å². The minimum Gasteiger partial charge on any atom is -0.411 e. The topological polar surface area (TPSA) is 56.0 Å². The van der Waals surface area contributed by atoms with Crippen LogP contribution >= 0.6 is 11.8 Å². The Bertz CT molecular complexity index is 1220. The number of halogens is 1. The highest BCUT2D eigenvalue weighted by Gasteiger charge is 2.11. The van der Waals surface area contributed by atoms with E-state index < -0.39 is 0 Å². The predicted octanol–water partition coefficient (Wildman–Crippen LogP) is 5.40. The molecule has 1 aromatic heterocycles. The average Bonchev–Trinajstić information content (AvgIpc) is 3.22. The first-order chi connectivity index (χ1) is 14.2. The van der Waals surface area contributed by atoms with Gasteiger partial charge in [0.2, 0.25) is 5.89 Å². The van der Waals surface area contributed by atoms with Crippen molar-refractivity contribution in [1.29, 1.82) is 0 Å². The van der Waals surface area contributed by atoms with E-state index in [-0.39, 0.29) is 18.0 Å². The third-order valence-electron chi connectivity index (χ3n) is 4.23. The van der Waals surface area contributed by atoms with Crippen LogP contribution in [0.5, 0.6) is 0 Å². The van der Waals surface area contributed by atoms with Crippen LogP contribution in [0.4, 0.5) is 4.39 Å². The lowest BCUT2D eigenvalue weighted by molar-refractivity contribution is 0.0998. The molecule has 0 radical (unpaired) electrons. The molecule has 0 amide bonds. The zero-order valence-electron chi connectivity index (χ0n) is 15.3. The predicted molar refractivity (Wildman–Crippen MR) is 111 cm³/mol. The van der Waals surface area contributed by atoms with Gasteiger partial charge in [-0.25, -0.2) is 4.39 Å². The molecule has 4 nitrogen and oxygen atoms in total. The lowest BCUT2D eigenvalue weighted by Gasteiger charge is -2.01. The van der Waals surface area contributed by atoms with Crippen LogP contribution in [-0.4, -0.2) is 21.7 Å². The first kappa shape index (κ1) is 18.9. The van der Waals surface area contributed by atoms with E-state index in [0.717, 1.165) is 16.3 Å². The normalized spacial score (nSPS) is 10.5. The maximum Gasteiger partial charge on any atom is 0.277 e.